The summed E-state index contributed by atoms with van der Waals surface area (Å²) in [6, 6.07) is 18.8. The van der Waals surface area contributed by atoms with E-state index >= 15 is 0 Å². The molecule has 4 heteroatoms. The van der Waals surface area contributed by atoms with Crippen molar-refractivity contribution in [2.45, 2.75) is 38.4 Å². The Hall–Kier alpha value is -2.59. The first kappa shape index (κ1) is 18.8. The Kier molecular flexibility index (Phi) is 5.23. The molecule has 28 heavy (non-hydrogen) atoms. The highest BCUT2D eigenvalue weighted by molar-refractivity contribution is 5.86. The second-order valence-electron chi connectivity index (χ2n) is 7.94. The third-order valence-corrected chi connectivity index (χ3v) is 5.66. The number of aryl methyl sites for hydroxylation is 1. The lowest BCUT2D eigenvalue weighted by molar-refractivity contribution is -0.143. The molecule has 0 radical (unpaired) electrons. The molecule has 0 bridgehead atoms. The van der Waals surface area contributed by atoms with Crippen molar-refractivity contribution in [1.29, 1.82) is 0 Å². The number of carbonyl (C=O) groups excluding carboxylic acids is 1. The van der Waals surface area contributed by atoms with Crippen molar-refractivity contribution < 1.29 is 9.53 Å². The largest absolute Gasteiger partial charge is 0.372 e. The predicted octanol–water partition coefficient (Wildman–Crippen LogP) is 4.34. The Balaban J connectivity index is 1.70. The Bertz CT molecular complexity index is 953. The molecule has 0 aliphatic carbocycles. The van der Waals surface area contributed by atoms with E-state index in [-0.39, 0.29) is 24.0 Å². The molecule has 1 amide bonds. The number of benzene rings is 2. The van der Waals surface area contributed by atoms with E-state index < -0.39 is 0 Å². The number of ether oxygens (including phenoxy) is 1. The Labute approximate surface area is 166 Å². The van der Waals surface area contributed by atoms with E-state index in [1.54, 1.807) is 0 Å². The molecular weight excluding hydrogens is 348 g/mol. The zero-order valence-electron chi connectivity index (χ0n) is 16.8. The fourth-order valence-electron chi connectivity index (χ4n) is 4.43. The lowest BCUT2D eigenvalue weighted by Crippen LogP contribution is -2.48. The van der Waals surface area contributed by atoms with E-state index in [0.29, 0.717) is 19.5 Å². The number of morpholine rings is 1. The van der Waals surface area contributed by atoms with Gasteiger partial charge in [-0.2, -0.15) is 0 Å². The standard InChI is InChI=1S/C24H28N2O2/c1-17-14-26(15-18(2)28-17)24(27)13-21(19-9-5-4-6-10-19)22-16-25(3)23-12-8-7-11-20(22)23/h4-12,16-18,21H,13-15H2,1-3H3. The SMILES string of the molecule is CC1CN(C(=O)CC(c2ccccc2)c2cn(C)c3ccccc23)CC(C)O1. The lowest BCUT2D eigenvalue weighted by Gasteiger charge is -2.36. The van der Waals surface area contributed by atoms with E-state index in [4.69, 9.17) is 4.74 Å². The van der Waals surface area contributed by atoms with Gasteiger partial charge in [-0.05, 0) is 31.0 Å². The molecule has 1 fully saturated rings. The first-order chi connectivity index (χ1) is 13.5. The van der Waals surface area contributed by atoms with Gasteiger partial charge < -0.3 is 14.2 Å². The van der Waals surface area contributed by atoms with E-state index in [2.05, 4.69) is 66.3 Å². The maximum absolute atomic E-state index is 13.3. The van der Waals surface area contributed by atoms with E-state index in [1.165, 1.54) is 22.0 Å². The normalized spacial score (nSPS) is 21.0. The summed E-state index contributed by atoms with van der Waals surface area (Å²) in [6.07, 6.45) is 2.82. The minimum absolute atomic E-state index is 0.0354. The van der Waals surface area contributed by atoms with Crippen molar-refractivity contribution in [2.75, 3.05) is 13.1 Å². The topological polar surface area (TPSA) is 34.5 Å². The van der Waals surface area contributed by atoms with Crippen LogP contribution in [-0.4, -0.2) is 40.7 Å². The van der Waals surface area contributed by atoms with Crippen molar-refractivity contribution in [2.24, 2.45) is 7.05 Å². The number of hydrogen-bond acceptors (Lipinski definition) is 2. The second kappa shape index (κ2) is 7.80. The van der Waals surface area contributed by atoms with Gasteiger partial charge in [-0.25, -0.2) is 0 Å². The summed E-state index contributed by atoms with van der Waals surface area (Å²) in [6.45, 7) is 5.41. The van der Waals surface area contributed by atoms with Crippen LogP contribution >= 0.6 is 0 Å². The smallest absolute Gasteiger partial charge is 0.223 e. The minimum Gasteiger partial charge on any atom is -0.372 e. The van der Waals surface area contributed by atoms with Gasteiger partial charge in [-0.3, -0.25) is 4.79 Å². The first-order valence-electron chi connectivity index (χ1n) is 10.0. The predicted molar refractivity (Wildman–Crippen MR) is 112 cm³/mol. The number of amides is 1. The van der Waals surface area contributed by atoms with Crippen molar-refractivity contribution in [3.8, 4) is 0 Å². The van der Waals surface area contributed by atoms with Gasteiger partial charge in [0.25, 0.3) is 0 Å². The van der Waals surface area contributed by atoms with Crippen LogP contribution < -0.4 is 0 Å². The van der Waals surface area contributed by atoms with Gasteiger partial charge in [0.2, 0.25) is 5.91 Å². The number of fused-ring (bicyclic) bond motifs is 1. The van der Waals surface area contributed by atoms with Crippen LogP contribution in [0.3, 0.4) is 0 Å². The van der Waals surface area contributed by atoms with Crippen molar-refractivity contribution in [3.05, 3.63) is 71.9 Å². The summed E-state index contributed by atoms with van der Waals surface area (Å²) >= 11 is 0. The highest BCUT2D eigenvalue weighted by Crippen LogP contribution is 2.35. The number of nitrogens with zero attached hydrogens (tertiary/aromatic N) is 2. The Morgan fingerprint density at radius 1 is 1.04 bits per heavy atom. The fraction of sp³-hybridized carbons (Fsp3) is 0.375. The number of para-hydroxylation sites is 1. The molecule has 1 aromatic heterocycles. The van der Waals surface area contributed by atoms with Gasteiger partial charge in [0.1, 0.15) is 0 Å². The molecule has 3 aromatic rings. The lowest BCUT2D eigenvalue weighted by atomic mass is 9.87. The molecule has 2 aromatic carbocycles. The third-order valence-electron chi connectivity index (χ3n) is 5.66. The van der Waals surface area contributed by atoms with Crippen LogP contribution in [-0.2, 0) is 16.6 Å². The van der Waals surface area contributed by atoms with Gasteiger partial charge in [0.05, 0.1) is 12.2 Å². The number of rotatable bonds is 4. The van der Waals surface area contributed by atoms with Gasteiger partial charge in [-0.15, -0.1) is 0 Å². The summed E-state index contributed by atoms with van der Waals surface area (Å²) in [5, 5.41) is 1.22. The van der Waals surface area contributed by atoms with Crippen LogP contribution in [0, 0.1) is 0 Å². The number of aromatic nitrogens is 1. The minimum atomic E-state index is 0.0354. The van der Waals surface area contributed by atoms with Crippen LogP contribution in [0.15, 0.2) is 60.8 Å². The highest BCUT2D eigenvalue weighted by Gasteiger charge is 2.29. The molecule has 0 saturated carbocycles. The molecular formula is C24H28N2O2. The second-order valence-corrected chi connectivity index (χ2v) is 7.94. The van der Waals surface area contributed by atoms with Crippen LogP contribution in [0.1, 0.15) is 37.3 Å². The van der Waals surface area contributed by atoms with Crippen LogP contribution in [0.4, 0.5) is 0 Å². The van der Waals surface area contributed by atoms with Crippen LogP contribution in [0.2, 0.25) is 0 Å². The van der Waals surface area contributed by atoms with Crippen LogP contribution in [0.5, 0.6) is 0 Å². The maximum atomic E-state index is 13.3. The van der Waals surface area contributed by atoms with E-state index in [1.807, 2.05) is 24.8 Å². The third kappa shape index (κ3) is 3.69. The molecule has 0 spiro atoms. The Morgan fingerprint density at radius 2 is 1.68 bits per heavy atom. The average Bonchev–Trinajstić information content (AvgIpc) is 3.02. The monoisotopic (exact) mass is 376 g/mol. The van der Waals surface area contributed by atoms with Crippen molar-refractivity contribution in [3.63, 3.8) is 0 Å². The quantitative estimate of drug-likeness (QED) is 0.679. The zero-order valence-corrected chi connectivity index (χ0v) is 16.8. The summed E-state index contributed by atoms with van der Waals surface area (Å²) in [4.78, 5) is 15.2. The van der Waals surface area contributed by atoms with E-state index in [0.717, 1.165) is 0 Å². The summed E-state index contributed by atoms with van der Waals surface area (Å²) in [5.41, 5.74) is 3.59. The molecule has 146 valence electrons. The van der Waals surface area contributed by atoms with Gasteiger partial charge in [0.15, 0.2) is 0 Å². The Morgan fingerprint density at radius 3 is 2.39 bits per heavy atom. The van der Waals surface area contributed by atoms with Gasteiger partial charge >= 0.3 is 0 Å². The molecule has 1 saturated heterocycles. The molecule has 3 atom stereocenters. The molecule has 1 aliphatic heterocycles. The number of carbonyl (C=O) groups is 1. The molecule has 0 N–H and O–H groups in total. The molecule has 3 unspecified atom stereocenters. The summed E-state index contributed by atoms with van der Waals surface area (Å²) < 4.78 is 7.96. The highest BCUT2D eigenvalue weighted by atomic mass is 16.5. The first-order valence-corrected chi connectivity index (χ1v) is 10.0. The number of hydrogen-bond donors (Lipinski definition) is 0. The zero-order chi connectivity index (χ0) is 19.7. The average molecular weight is 377 g/mol. The van der Waals surface area contributed by atoms with Crippen molar-refractivity contribution >= 4 is 16.8 Å². The molecule has 4 nitrogen and oxygen atoms in total. The summed E-state index contributed by atoms with van der Waals surface area (Å²) in [5.74, 6) is 0.233. The van der Waals surface area contributed by atoms with Gasteiger partial charge in [-0.1, -0.05) is 48.5 Å². The van der Waals surface area contributed by atoms with E-state index in [9.17, 15) is 4.79 Å². The van der Waals surface area contributed by atoms with Gasteiger partial charge in [0, 0.05) is 49.6 Å². The summed E-state index contributed by atoms with van der Waals surface area (Å²) in [7, 11) is 2.07. The van der Waals surface area contributed by atoms with Crippen molar-refractivity contribution in [1.82, 2.24) is 9.47 Å². The molecule has 2 heterocycles. The van der Waals surface area contributed by atoms with Crippen LogP contribution in [0.25, 0.3) is 10.9 Å². The maximum Gasteiger partial charge on any atom is 0.223 e. The fourth-order valence-corrected chi connectivity index (χ4v) is 4.43. The molecule has 1 aliphatic rings. The molecule has 4 rings (SSSR count).